The summed E-state index contributed by atoms with van der Waals surface area (Å²) < 4.78 is 12.1. The maximum Gasteiger partial charge on any atom is 0.269 e. The van der Waals surface area contributed by atoms with Gasteiger partial charge in [0, 0.05) is 18.8 Å². The Morgan fingerprint density at radius 3 is 2.70 bits per heavy atom. The van der Waals surface area contributed by atoms with E-state index in [2.05, 4.69) is 30.7 Å². The molecule has 4 aromatic heterocycles. The number of rotatable bonds is 6. The molecule has 2 N–H and O–H groups in total. The standard InChI is InChI=1S/C20H19N7O3/c1-21-19(28)14-5-4-6-16(23-14)24-17-11-27-18(25-17)8-7-13(26-27)12-9-15(29-2)20(30-3)22-10-12/h4-11H,1-3H3,(H,21,28)(H,23,24). The summed E-state index contributed by atoms with van der Waals surface area (Å²) in [7, 11) is 4.65. The topological polar surface area (TPSA) is 116 Å². The predicted molar refractivity (Wildman–Crippen MR) is 110 cm³/mol. The molecule has 4 rings (SSSR count). The van der Waals surface area contributed by atoms with Gasteiger partial charge in [0.25, 0.3) is 11.8 Å². The molecule has 0 unspecified atom stereocenters. The SMILES string of the molecule is CNC(=O)c1cccc(Nc2cn3nc(-c4cnc(OC)c(OC)c4)ccc3n2)n1. The number of aromatic nitrogens is 5. The molecule has 0 spiro atoms. The van der Waals surface area contributed by atoms with Crippen LogP contribution in [0.3, 0.4) is 0 Å². The average Bonchev–Trinajstić information content (AvgIpc) is 3.19. The van der Waals surface area contributed by atoms with Gasteiger partial charge in [-0.15, -0.1) is 0 Å². The average molecular weight is 405 g/mol. The van der Waals surface area contributed by atoms with Gasteiger partial charge in [0.05, 0.1) is 26.1 Å². The number of hydrogen-bond donors (Lipinski definition) is 2. The number of anilines is 2. The normalized spacial score (nSPS) is 10.6. The van der Waals surface area contributed by atoms with Crippen LogP contribution in [0.1, 0.15) is 10.5 Å². The minimum atomic E-state index is -0.261. The van der Waals surface area contributed by atoms with Crippen LogP contribution in [0.15, 0.2) is 48.8 Å². The largest absolute Gasteiger partial charge is 0.491 e. The monoisotopic (exact) mass is 405 g/mol. The zero-order chi connectivity index (χ0) is 21.1. The van der Waals surface area contributed by atoms with Crippen LogP contribution in [0.4, 0.5) is 11.6 Å². The smallest absolute Gasteiger partial charge is 0.269 e. The van der Waals surface area contributed by atoms with E-state index in [0.29, 0.717) is 40.3 Å². The molecule has 10 nitrogen and oxygen atoms in total. The Bertz CT molecular complexity index is 1220. The Hall–Kier alpha value is -4.21. The van der Waals surface area contributed by atoms with Gasteiger partial charge in [-0.05, 0) is 30.3 Å². The number of fused-ring (bicyclic) bond motifs is 1. The van der Waals surface area contributed by atoms with E-state index in [0.717, 1.165) is 5.56 Å². The Morgan fingerprint density at radius 2 is 1.93 bits per heavy atom. The summed E-state index contributed by atoms with van der Waals surface area (Å²) in [4.78, 5) is 24.8. The molecule has 0 aliphatic heterocycles. The van der Waals surface area contributed by atoms with Crippen molar-refractivity contribution in [3.05, 3.63) is 54.5 Å². The van der Waals surface area contributed by atoms with Gasteiger partial charge >= 0.3 is 0 Å². The van der Waals surface area contributed by atoms with Crippen molar-refractivity contribution in [3.63, 3.8) is 0 Å². The fourth-order valence-corrected chi connectivity index (χ4v) is 2.86. The summed E-state index contributed by atoms with van der Waals surface area (Å²) in [6.45, 7) is 0. The number of methoxy groups -OCH3 is 2. The fraction of sp³-hybridized carbons (Fsp3) is 0.150. The molecule has 30 heavy (non-hydrogen) atoms. The number of pyridine rings is 2. The maximum atomic E-state index is 11.8. The number of carbonyl (C=O) groups excluding carboxylic acids is 1. The summed E-state index contributed by atoms with van der Waals surface area (Å²) in [5.41, 5.74) is 2.43. The zero-order valence-electron chi connectivity index (χ0n) is 16.6. The number of amides is 1. The molecule has 0 aliphatic rings. The van der Waals surface area contributed by atoms with Crippen LogP contribution >= 0.6 is 0 Å². The highest BCUT2D eigenvalue weighted by Crippen LogP contribution is 2.29. The molecule has 0 radical (unpaired) electrons. The summed E-state index contributed by atoms with van der Waals surface area (Å²) in [6, 6.07) is 10.6. The summed E-state index contributed by atoms with van der Waals surface area (Å²) in [5, 5.41) is 10.2. The van der Waals surface area contributed by atoms with Crippen LogP contribution < -0.4 is 20.1 Å². The lowest BCUT2D eigenvalue weighted by molar-refractivity contribution is 0.0958. The van der Waals surface area contributed by atoms with E-state index in [1.165, 1.54) is 7.11 Å². The molecule has 0 aromatic carbocycles. The Balaban J connectivity index is 1.62. The van der Waals surface area contributed by atoms with Gasteiger partial charge in [0.15, 0.2) is 17.2 Å². The van der Waals surface area contributed by atoms with Gasteiger partial charge in [-0.2, -0.15) is 5.10 Å². The quantitative estimate of drug-likeness (QED) is 0.502. The molecule has 152 valence electrons. The molecular weight excluding hydrogens is 386 g/mol. The highest BCUT2D eigenvalue weighted by Gasteiger charge is 2.11. The molecule has 0 saturated heterocycles. The number of hydrogen-bond acceptors (Lipinski definition) is 8. The number of imidazole rings is 1. The first-order valence-corrected chi connectivity index (χ1v) is 9.02. The lowest BCUT2D eigenvalue weighted by atomic mass is 10.2. The first kappa shape index (κ1) is 19.1. The third-order valence-corrected chi connectivity index (χ3v) is 4.31. The van der Waals surface area contributed by atoms with Gasteiger partial charge in [-0.25, -0.2) is 19.5 Å². The maximum absolute atomic E-state index is 11.8. The van der Waals surface area contributed by atoms with Crippen LogP contribution in [0.25, 0.3) is 16.9 Å². The van der Waals surface area contributed by atoms with Crippen LogP contribution in [0, 0.1) is 0 Å². The minimum absolute atomic E-state index is 0.261. The van der Waals surface area contributed by atoms with Gasteiger partial charge in [-0.1, -0.05) is 6.07 Å². The van der Waals surface area contributed by atoms with Crippen molar-refractivity contribution in [1.82, 2.24) is 29.9 Å². The van der Waals surface area contributed by atoms with E-state index in [9.17, 15) is 4.79 Å². The van der Waals surface area contributed by atoms with Crippen molar-refractivity contribution >= 4 is 23.2 Å². The molecule has 0 aliphatic carbocycles. The lowest BCUT2D eigenvalue weighted by Gasteiger charge is -2.08. The molecule has 0 saturated carbocycles. The Morgan fingerprint density at radius 1 is 1.07 bits per heavy atom. The van der Waals surface area contributed by atoms with Crippen LogP contribution in [-0.2, 0) is 0 Å². The molecule has 0 fully saturated rings. The van der Waals surface area contributed by atoms with Gasteiger partial charge < -0.3 is 20.1 Å². The number of ether oxygens (including phenoxy) is 2. The van der Waals surface area contributed by atoms with Crippen LogP contribution in [-0.4, -0.2) is 51.7 Å². The second kappa shape index (κ2) is 8.03. The summed E-state index contributed by atoms with van der Waals surface area (Å²) in [6.07, 6.45) is 3.40. The van der Waals surface area contributed by atoms with E-state index in [4.69, 9.17) is 9.47 Å². The highest BCUT2D eigenvalue weighted by atomic mass is 16.5. The van der Waals surface area contributed by atoms with E-state index in [1.807, 2.05) is 18.2 Å². The predicted octanol–water partition coefficient (Wildman–Crippen LogP) is 2.31. The van der Waals surface area contributed by atoms with E-state index in [1.54, 1.807) is 49.3 Å². The molecule has 0 atom stereocenters. The molecular formula is C20H19N7O3. The Labute approximate surface area is 171 Å². The van der Waals surface area contributed by atoms with Crippen molar-refractivity contribution in [3.8, 4) is 22.9 Å². The first-order valence-electron chi connectivity index (χ1n) is 9.02. The van der Waals surface area contributed by atoms with Crippen LogP contribution in [0.2, 0.25) is 0 Å². The second-order valence-corrected chi connectivity index (χ2v) is 6.20. The Kier molecular flexibility index (Phi) is 5.12. The molecule has 4 aromatic rings. The zero-order valence-corrected chi connectivity index (χ0v) is 16.6. The molecule has 10 heteroatoms. The van der Waals surface area contributed by atoms with Crippen molar-refractivity contribution < 1.29 is 14.3 Å². The van der Waals surface area contributed by atoms with Crippen molar-refractivity contribution in [1.29, 1.82) is 0 Å². The summed E-state index contributed by atoms with van der Waals surface area (Å²) >= 11 is 0. The summed E-state index contributed by atoms with van der Waals surface area (Å²) in [5.74, 6) is 1.72. The van der Waals surface area contributed by atoms with E-state index in [-0.39, 0.29) is 5.91 Å². The number of nitrogens with one attached hydrogen (secondary N) is 2. The van der Waals surface area contributed by atoms with E-state index >= 15 is 0 Å². The van der Waals surface area contributed by atoms with Crippen molar-refractivity contribution in [2.24, 2.45) is 0 Å². The molecule has 1 amide bonds. The van der Waals surface area contributed by atoms with E-state index < -0.39 is 0 Å². The minimum Gasteiger partial charge on any atom is -0.491 e. The third kappa shape index (κ3) is 3.70. The van der Waals surface area contributed by atoms with Gasteiger partial charge in [-0.3, -0.25) is 4.79 Å². The molecule has 4 heterocycles. The van der Waals surface area contributed by atoms with Crippen molar-refractivity contribution in [2.45, 2.75) is 0 Å². The first-order chi connectivity index (χ1) is 14.6. The fourth-order valence-electron chi connectivity index (χ4n) is 2.86. The second-order valence-electron chi connectivity index (χ2n) is 6.20. The van der Waals surface area contributed by atoms with Gasteiger partial charge in [0.1, 0.15) is 11.5 Å². The highest BCUT2D eigenvalue weighted by molar-refractivity contribution is 5.92. The van der Waals surface area contributed by atoms with Crippen molar-refractivity contribution in [2.75, 3.05) is 26.6 Å². The van der Waals surface area contributed by atoms with Gasteiger partial charge in [0.2, 0.25) is 0 Å². The lowest BCUT2D eigenvalue weighted by Crippen LogP contribution is -2.19. The molecule has 0 bridgehead atoms. The number of nitrogens with zero attached hydrogens (tertiary/aromatic N) is 5. The van der Waals surface area contributed by atoms with Crippen LogP contribution in [0.5, 0.6) is 11.6 Å². The third-order valence-electron chi connectivity index (χ3n) is 4.31. The number of carbonyl (C=O) groups is 1.